The van der Waals surface area contributed by atoms with E-state index in [0.29, 0.717) is 0 Å². The van der Waals surface area contributed by atoms with Gasteiger partial charge in [0.05, 0.1) is 5.39 Å². The van der Waals surface area contributed by atoms with Crippen LogP contribution in [0.2, 0.25) is 0 Å². The lowest BCUT2D eigenvalue weighted by Crippen LogP contribution is -2.35. The lowest BCUT2D eigenvalue weighted by molar-refractivity contribution is -0.612. The van der Waals surface area contributed by atoms with Crippen LogP contribution in [-0.4, -0.2) is 33.4 Å². The molecule has 0 aliphatic rings. The molecule has 11 heavy (non-hydrogen) atoms. The van der Waals surface area contributed by atoms with E-state index in [4.69, 9.17) is 15.6 Å². The highest BCUT2D eigenvalue weighted by Gasteiger charge is 2.00. The van der Waals surface area contributed by atoms with Crippen LogP contribution in [-0.2, 0) is 14.8 Å². The quantitative estimate of drug-likeness (QED) is 0.291. The zero-order valence-corrected chi connectivity index (χ0v) is 5.46. The fourth-order valence-corrected chi connectivity index (χ4v) is 0.179. The van der Waals surface area contributed by atoms with E-state index in [9.17, 15) is 0 Å². The molecule has 0 fully saturated rings. The van der Waals surface area contributed by atoms with Crippen molar-refractivity contribution in [1.82, 2.24) is 21.9 Å². The van der Waals surface area contributed by atoms with E-state index in [1.165, 1.54) is 12.7 Å². The van der Waals surface area contributed by atoms with Crippen LogP contribution in [0.25, 0.3) is 0 Å². The molecule has 0 saturated heterocycles. The Morgan fingerprint density at radius 1 is 1.09 bits per heavy atom. The van der Waals surface area contributed by atoms with Crippen molar-refractivity contribution < 1.29 is 30.4 Å². The number of rotatable bonds is 6. The Labute approximate surface area is 60.7 Å². The van der Waals surface area contributed by atoms with Crippen molar-refractivity contribution >= 4 is 0 Å². The topological polar surface area (TPSA) is 119 Å². The van der Waals surface area contributed by atoms with Gasteiger partial charge in [-0.2, -0.15) is 10.4 Å². The first kappa shape index (κ1) is 10.6. The van der Waals surface area contributed by atoms with Gasteiger partial charge in [0.1, 0.15) is 5.39 Å². The minimum atomic E-state index is -0.687. The van der Waals surface area contributed by atoms with Crippen molar-refractivity contribution in [2.75, 3.05) is 7.05 Å². The highest BCUT2D eigenvalue weighted by molar-refractivity contribution is 3.77. The molecule has 0 spiro atoms. The van der Waals surface area contributed by atoms with Crippen LogP contribution in [0.15, 0.2) is 0 Å². The summed E-state index contributed by atoms with van der Waals surface area (Å²) in [7, 11) is 1.35. The summed E-state index contributed by atoms with van der Waals surface area (Å²) in [4.78, 5) is 11.5. The number of nitrogens with one attached hydrogen (secondary N) is 2. The van der Waals surface area contributed by atoms with Gasteiger partial charge in [0, 0.05) is 7.05 Å². The Hall–Kier alpha value is -0.400. The molecule has 0 bridgehead atoms. The summed E-state index contributed by atoms with van der Waals surface area (Å²) in [5, 5.41) is 23.2. The van der Waals surface area contributed by atoms with E-state index in [0.717, 1.165) is 0 Å². The monoisotopic (exact) mass is 172 g/mol. The van der Waals surface area contributed by atoms with Gasteiger partial charge in [-0.25, -0.2) is 0 Å². The first-order chi connectivity index (χ1) is 5.16. The van der Waals surface area contributed by atoms with Gasteiger partial charge in [0.25, 0.3) is 0 Å². The third-order valence-corrected chi connectivity index (χ3v) is 0.404. The second-order valence-electron chi connectivity index (χ2n) is 1.05. The SMILES string of the molecule is CNON(O)ONON(O)O. The fourth-order valence-electron chi connectivity index (χ4n) is 0.179. The average molecular weight is 172 g/mol. The number of nitrogens with zero attached hydrogens (tertiary/aromatic N) is 2. The Morgan fingerprint density at radius 2 is 1.73 bits per heavy atom. The number of hydroxylamine groups is 1. The molecule has 5 N–H and O–H groups in total. The maximum absolute atomic E-state index is 8.36. The average Bonchev–Trinajstić information content (AvgIpc) is 1.87. The molecule has 0 amide bonds. The van der Waals surface area contributed by atoms with E-state index in [1.807, 2.05) is 5.48 Å². The number of hydrogen-bond acceptors (Lipinski definition) is 10. The van der Waals surface area contributed by atoms with Gasteiger partial charge in [-0.3, -0.25) is 15.6 Å². The minimum absolute atomic E-state index is 0.177. The molecule has 0 rings (SSSR count). The van der Waals surface area contributed by atoms with Crippen LogP contribution in [0.1, 0.15) is 0 Å². The van der Waals surface area contributed by atoms with E-state index in [1.54, 1.807) is 0 Å². The smallest absolute Gasteiger partial charge is 0.112 e. The molecule has 0 saturated carbocycles. The summed E-state index contributed by atoms with van der Waals surface area (Å²) in [6.45, 7) is 0. The minimum Gasteiger partial charge on any atom is -0.265 e. The Bertz CT molecular complexity index is 88.7. The largest absolute Gasteiger partial charge is 0.265 e. The molecule has 0 aromatic carbocycles. The van der Waals surface area contributed by atoms with Gasteiger partial charge in [0.15, 0.2) is 0 Å². The zero-order chi connectivity index (χ0) is 8.69. The predicted molar refractivity (Wildman–Crippen MR) is 24.5 cm³/mol. The molecular formula is CH8N4O6. The first-order valence-electron chi connectivity index (χ1n) is 2.26. The molecule has 68 valence electrons. The lowest BCUT2D eigenvalue weighted by atomic mass is 11.6. The van der Waals surface area contributed by atoms with Crippen molar-refractivity contribution in [1.29, 1.82) is 0 Å². The Balaban J connectivity index is 3.10. The maximum atomic E-state index is 8.36. The molecule has 10 heteroatoms. The van der Waals surface area contributed by atoms with Gasteiger partial charge in [-0.05, 0) is 5.64 Å². The second-order valence-corrected chi connectivity index (χ2v) is 1.05. The van der Waals surface area contributed by atoms with Gasteiger partial charge in [-0.1, -0.05) is 0 Å². The Kier molecular flexibility index (Phi) is 6.09. The fraction of sp³-hybridized carbons (Fsp3) is 1.00. The first-order valence-corrected chi connectivity index (χ1v) is 2.26. The molecule has 0 radical (unpaired) electrons. The van der Waals surface area contributed by atoms with Gasteiger partial charge >= 0.3 is 0 Å². The summed E-state index contributed by atoms with van der Waals surface area (Å²) in [6, 6.07) is 0. The van der Waals surface area contributed by atoms with Crippen LogP contribution >= 0.6 is 0 Å². The summed E-state index contributed by atoms with van der Waals surface area (Å²) >= 11 is 0. The van der Waals surface area contributed by atoms with E-state index < -0.39 is 5.39 Å². The maximum Gasteiger partial charge on any atom is 0.112 e. The van der Waals surface area contributed by atoms with Crippen LogP contribution in [0.5, 0.6) is 0 Å². The van der Waals surface area contributed by atoms with Crippen LogP contribution in [0.4, 0.5) is 0 Å². The lowest BCUT2D eigenvalue weighted by Gasteiger charge is -2.11. The van der Waals surface area contributed by atoms with Gasteiger partial charge < -0.3 is 0 Å². The van der Waals surface area contributed by atoms with Crippen molar-refractivity contribution in [3.05, 3.63) is 0 Å². The van der Waals surface area contributed by atoms with Crippen molar-refractivity contribution in [2.24, 2.45) is 0 Å². The zero-order valence-electron chi connectivity index (χ0n) is 5.46. The standard InChI is InChI=1S/CH8N4O6/c1-2-9-5(8)11-3-10-4(6)7/h2-3,6-8H,1H3. The molecule has 0 aromatic heterocycles. The number of hydrogen-bond donors (Lipinski definition) is 5. The molecule has 0 heterocycles. The molecule has 0 aliphatic heterocycles. The molecule has 0 unspecified atom stereocenters. The molecule has 10 nitrogen and oxygen atoms in total. The van der Waals surface area contributed by atoms with E-state index in [-0.39, 0.29) is 5.39 Å². The van der Waals surface area contributed by atoms with Crippen LogP contribution in [0.3, 0.4) is 0 Å². The summed E-state index contributed by atoms with van der Waals surface area (Å²) < 4.78 is 0. The molecule has 0 aliphatic carbocycles. The van der Waals surface area contributed by atoms with Crippen LogP contribution in [0, 0.1) is 0 Å². The molecule has 0 aromatic rings. The van der Waals surface area contributed by atoms with Crippen molar-refractivity contribution in [2.45, 2.75) is 0 Å². The Morgan fingerprint density at radius 3 is 2.18 bits per heavy atom. The van der Waals surface area contributed by atoms with Gasteiger partial charge in [0.2, 0.25) is 0 Å². The molecular weight excluding hydrogens is 164 g/mol. The van der Waals surface area contributed by atoms with E-state index >= 15 is 0 Å². The highest BCUT2D eigenvalue weighted by atomic mass is 17.3. The second kappa shape index (κ2) is 6.32. The highest BCUT2D eigenvalue weighted by Crippen LogP contribution is 1.78. The third-order valence-electron chi connectivity index (χ3n) is 0.404. The summed E-state index contributed by atoms with van der Waals surface area (Å²) in [5.41, 5.74) is 3.43. The third kappa shape index (κ3) is 7.50. The normalized spacial score (nSPS) is 11.5. The summed E-state index contributed by atoms with van der Waals surface area (Å²) in [5.74, 6) is 0. The van der Waals surface area contributed by atoms with Crippen molar-refractivity contribution in [3.8, 4) is 0 Å². The van der Waals surface area contributed by atoms with Crippen LogP contribution < -0.4 is 11.1 Å². The summed E-state index contributed by atoms with van der Waals surface area (Å²) in [6.07, 6.45) is 0. The van der Waals surface area contributed by atoms with Crippen molar-refractivity contribution in [3.63, 3.8) is 0 Å². The molecule has 0 atom stereocenters. The van der Waals surface area contributed by atoms with Gasteiger partial charge in [-0.15, -0.1) is 9.88 Å². The van der Waals surface area contributed by atoms with E-state index in [2.05, 4.69) is 14.8 Å². The predicted octanol–water partition coefficient (Wildman–Crippen LogP) is -1.89.